The standard InChI is InChI=1S/C10H17F3N4O2S/c1-3-4-17-6-8(9(14)15-17)20(18,19)16-7(2)5-10(11,12)13/h6-7,16H,3-5H2,1-2H3,(H2,14,15). The highest BCUT2D eigenvalue weighted by Gasteiger charge is 2.32. The summed E-state index contributed by atoms with van der Waals surface area (Å²) in [4.78, 5) is -0.306. The Hall–Kier alpha value is -1.29. The van der Waals surface area contributed by atoms with Crippen LogP contribution in [0, 0.1) is 0 Å². The molecule has 0 aromatic carbocycles. The second kappa shape index (κ2) is 6.00. The van der Waals surface area contributed by atoms with Crippen molar-refractivity contribution in [2.45, 2.75) is 50.3 Å². The van der Waals surface area contributed by atoms with Crippen LogP contribution in [0.15, 0.2) is 11.1 Å². The van der Waals surface area contributed by atoms with Gasteiger partial charge in [-0.2, -0.15) is 18.3 Å². The number of rotatable bonds is 6. The Bertz CT molecular complexity index is 553. The summed E-state index contributed by atoms with van der Waals surface area (Å²) in [5.74, 6) is -0.231. The Kier molecular flexibility index (Phi) is 5.03. The number of sulfonamides is 1. The zero-order chi connectivity index (χ0) is 15.6. The van der Waals surface area contributed by atoms with E-state index in [0.29, 0.717) is 6.54 Å². The van der Waals surface area contributed by atoms with Crippen LogP contribution in [0.25, 0.3) is 0 Å². The topological polar surface area (TPSA) is 90.0 Å². The molecule has 0 aliphatic heterocycles. The average Bonchev–Trinajstić information content (AvgIpc) is 2.56. The maximum absolute atomic E-state index is 12.2. The molecule has 20 heavy (non-hydrogen) atoms. The number of anilines is 1. The number of nitrogens with zero attached hydrogens (tertiary/aromatic N) is 2. The van der Waals surface area contributed by atoms with Gasteiger partial charge in [-0.05, 0) is 13.3 Å². The lowest BCUT2D eigenvalue weighted by molar-refractivity contribution is -0.137. The third-order valence-corrected chi connectivity index (χ3v) is 4.00. The first-order valence-corrected chi connectivity index (χ1v) is 7.45. The first-order valence-electron chi connectivity index (χ1n) is 5.97. The Labute approximate surface area is 115 Å². The van der Waals surface area contributed by atoms with E-state index >= 15 is 0 Å². The van der Waals surface area contributed by atoms with Gasteiger partial charge in [0.15, 0.2) is 5.82 Å². The lowest BCUT2D eigenvalue weighted by Gasteiger charge is -2.15. The number of alkyl halides is 3. The number of halogens is 3. The quantitative estimate of drug-likeness (QED) is 0.832. The maximum atomic E-state index is 12.2. The number of nitrogen functional groups attached to an aromatic ring is 1. The van der Waals surface area contributed by atoms with Gasteiger partial charge in [0.25, 0.3) is 0 Å². The fourth-order valence-electron chi connectivity index (χ4n) is 1.69. The van der Waals surface area contributed by atoms with E-state index in [1.54, 1.807) is 0 Å². The van der Waals surface area contributed by atoms with Crippen molar-refractivity contribution in [2.75, 3.05) is 5.73 Å². The van der Waals surface area contributed by atoms with Gasteiger partial charge in [0.2, 0.25) is 10.0 Å². The van der Waals surface area contributed by atoms with Gasteiger partial charge in [0.1, 0.15) is 4.90 Å². The van der Waals surface area contributed by atoms with Crippen molar-refractivity contribution < 1.29 is 21.6 Å². The van der Waals surface area contributed by atoms with E-state index in [4.69, 9.17) is 5.73 Å². The van der Waals surface area contributed by atoms with E-state index in [-0.39, 0.29) is 10.7 Å². The van der Waals surface area contributed by atoms with Gasteiger partial charge in [-0.1, -0.05) is 6.92 Å². The summed E-state index contributed by atoms with van der Waals surface area (Å²) in [5.41, 5.74) is 5.49. The summed E-state index contributed by atoms with van der Waals surface area (Å²) < 4.78 is 63.8. The van der Waals surface area contributed by atoms with Gasteiger partial charge >= 0.3 is 6.18 Å². The van der Waals surface area contributed by atoms with Gasteiger partial charge < -0.3 is 5.73 Å². The van der Waals surface area contributed by atoms with Crippen LogP contribution >= 0.6 is 0 Å². The molecule has 1 unspecified atom stereocenters. The molecule has 0 spiro atoms. The van der Waals surface area contributed by atoms with Crippen LogP contribution in [0.4, 0.5) is 19.0 Å². The molecule has 0 fully saturated rings. The summed E-state index contributed by atoms with van der Waals surface area (Å²) >= 11 is 0. The van der Waals surface area contributed by atoms with Gasteiger partial charge in [-0.3, -0.25) is 4.68 Å². The van der Waals surface area contributed by atoms with E-state index in [1.807, 2.05) is 11.6 Å². The van der Waals surface area contributed by atoms with E-state index < -0.39 is 28.7 Å². The normalized spacial score (nSPS) is 14.4. The largest absolute Gasteiger partial charge is 0.390 e. The number of hydrogen-bond donors (Lipinski definition) is 2. The second-order valence-electron chi connectivity index (χ2n) is 4.48. The monoisotopic (exact) mass is 314 g/mol. The molecule has 0 bridgehead atoms. The summed E-state index contributed by atoms with van der Waals surface area (Å²) in [6.45, 7) is 3.48. The molecule has 1 atom stereocenters. The fraction of sp³-hybridized carbons (Fsp3) is 0.700. The highest BCUT2D eigenvalue weighted by atomic mass is 32.2. The molecule has 1 heterocycles. The molecule has 1 aromatic heterocycles. The number of nitrogens with one attached hydrogen (secondary N) is 1. The van der Waals surface area contributed by atoms with E-state index in [1.165, 1.54) is 10.9 Å². The van der Waals surface area contributed by atoms with Gasteiger partial charge in [0.05, 0.1) is 6.42 Å². The number of aryl methyl sites for hydroxylation is 1. The molecule has 3 N–H and O–H groups in total. The van der Waals surface area contributed by atoms with Crippen LogP contribution < -0.4 is 10.5 Å². The SMILES string of the molecule is CCCn1cc(S(=O)(=O)NC(C)CC(F)(F)F)c(N)n1. The molecular weight excluding hydrogens is 297 g/mol. The van der Waals surface area contributed by atoms with Crippen molar-refractivity contribution in [3.8, 4) is 0 Å². The Balaban J connectivity index is 2.88. The minimum atomic E-state index is -4.44. The molecule has 116 valence electrons. The van der Waals surface area contributed by atoms with Crippen molar-refractivity contribution in [3.63, 3.8) is 0 Å². The Morgan fingerprint density at radius 1 is 1.50 bits per heavy atom. The van der Waals surface area contributed by atoms with Crippen LogP contribution in [0.2, 0.25) is 0 Å². The first-order chi connectivity index (χ1) is 9.05. The predicted octanol–water partition coefficient (Wildman–Crippen LogP) is 1.49. The predicted molar refractivity (Wildman–Crippen MR) is 67.4 cm³/mol. The molecule has 1 rings (SSSR count). The Morgan fingerprint density at radius 2 is 2.10 bits per heavy atom. The van der Waals surface area contributed by atoms with E-state index in [9.17, 15) is 21.6 Å². The summed E-state index contributed by atoms with van der Waals surface area (Å²) in [5, 5.41) is 3.80. The highest BCUT2D eigenvalue weighted by molar-refractivity contribution is 7.89. The van der Waals surface area contributed by atoms with Crippen molar-refractivity contribution in [3.05, 3.63) is 6.20 Å². The van der Waals surface area contributed by atoms with Crippen LogP contribution in [-0.4, -0.2) is 30.4 Å². The molecule has 0 aliphatic carbocycles. The molecule has 1 aromatic rings. The first kappa shape index (κ1) is 16.8. The summed E-state index contributed by atoms with van der Waals surface area (Å²) in [6, 6.07) is -1.28. The molecule has 0 aliphatic rings. The van der Waals surface area contributed by atoms with Crippen LogP contribution in [0.3, 0.4) is 0 Å². The van der Waals surface area contributed by atoms with E-state index in [0.717, 1.165) is 13.3 Å². The maximum Gasteiger partial charge on any atom is 0.390 e. The third-order valence-electron chi connectivity index (χ3n) is 2.39. The minimum Gasteiger partial charge on any atom is -0.381 e. The van der Waals surface area contributed by atoms with Gasteiger partial charge in [-0.15, -0.1) is 0 Å². The van der Waals surface area contributed by atoms with Gasteiger partial charge in [-0.25, -0.2) is 13.1 Å². The third kappa shape index (κ3) is 4.67. The van der Waals surface area contributed by atoms with Gasteiger partial charge in [0, 0.05) is 18.8 Å². The fourth-order valence-corrected chi connectivity index (χ4v) is 3.00. The number of nitrogens with two attached hydrogens (primary N) is 1. The molecule has 0 saturated carbocycles. The zero-order valence-corrected chi connectivity index (χ0v) is 11.9. The van der Waals surface area contributed by atoms with Crippen molar-refractivity contribution >= 4 is 15.8 Å². The second-order valence-corrected chi connectivity index (χ2v) is 6.17. The lowest BCUT2D eigenvalue weighted by atomic mass is 10.2. The molecule has 0 radical (unpaired) electrons. The molecular formula is C10H17F3N4O2S. The zero-order valence-electron chi connectivity index (χ0n) is 11.1. The smallest absolute Gasteiger partial charge is 0.381 e. The Morgan fingerprint density at radius 3 is 2.60 bits per heavy atom. The highest BCUT2D eigenvalue weighted by Crippen LogP contribution is 2.23. The van der Waals surface area contributed by atoms with Crippen LogP contribution in [0.5, 0.6) is 0 Å². The average molecular weight is 314 g/mol. The lowest BCUT2D eigenvalue weighted by Crippen LogP contribution is -2.36. The minimum absolute atomic E-state index is 0.231. The van der Waals surface area contributed by atoms with Crippen LogP contribution in [0.1, 0.15) is 26.7 Å². The van der Waals surface area contributed by atoms with Crippen molar-refractivity contribution in [1.82, 2.24) is 14.5 Å². The van der Waals surface area contributed by atoms with Crippen molar-refractivity contribution in [2.24, 2.45) is 0 Å². The number of aromatic nitrogens is 2. The molecule has 6 nitrogen and oxygen atoms in total. The summed E-state index contributed by atoms with van der Waals surface area (Å²) in [6.07, 6.45) is -3.77. The molecule has 10 heteroatoms. The van der Waals surface area contributed by atoms with Crippen molar-refractivity contribution in [1.29, 1.82) is 0 Å². The summed E-state index contributed by atoms with van der Waals surface area (Å²) in [7, 11) is -4.12. The van der Waals surface area contributed by atoms with E-state index in [2.05, 4.69) is 5.10 Å². The van der Waals surface area contributed by atoms with Crippen LogP contribution in [-0.2, 0) is 16.6 Å². The molecule has 0 amide bonds. The molecule has 0 saturated heterocycles. The number of hydrogen-bond acceptors (Lipinski definition) is 4.